The van der Waals surface area contributed by atoms with Crippen LogP contribution in [-0.4, -0.2) is 12.0 Å². The first-order valence-electron chi connectivity index (χ1n) is 5.10. The smallest absolute Gasteiger partial charge is 0.135 e. The van der Waals surface area contributed by atoms with E-state index in [9.17, 15) is 0 Å². The Labute approximate surface area is 103 Å². The molecular weight excluding hydrogens is 268 g/mol. The average Bonchev–Trinajstić information content (AvgIpc) is 2.74. The molecule has 2 aromatic heterocycles. The van der Waals surface area contributed by atoms with Crippen LogP contribution in [-0.2, 0) is 6.42 Å². The highest BCUT2D eigenvalue weighted by Crippen LogP contribution is 2.26. The van der Waals surface area contributed by atoms with Gasteiger partial charge in [-0.3, -0.25) is 4.98 Å². The zero-order chi connectivity index (χ0) is 11.4. The van der Waals surface area contributed by atoms with Crippen molar-refractivity contribution >= 4 is 15.9 Å². The van der Waals surface area contributed by atoms with Crippen molar-refractivity contribution in [2.45, 2.75) is 12.5 Å². The molecule has 1 N–H and O–H groups in total. The van der Waals surface area contributed by atoms with Gasteiger partial charge in [0.05, 0.1) is 16.8 Å². The third-order valence-electron chi connectivity index (χ3n) is 2.47. The fourth-order valence-electron chi connectivity index (χ4n) is 1.63. The van der Waals surface area contributed by atoms with Gasteiger partial charge in [-0.15, -0.1) is 0 Å². The minimum Gasteiger partial charge on any atom is -0.466 e. The van der Waals surface area contributed by atoms with Crippen LogP contribution < -0.4 is 5.32 Å². The molecule has 0 amide bonds. The van der Waals surface area contributed by atoms with Gasteiger partial charge in [0.1, 0.15) is 5.76 Å². The van der Waals surface area contributed by atoms with Crippen LogP contribution in [0.2, 0.25) is 0 Å². The lowest BCUT2D eigenvalue weighted by molar-refractivity contribution is 0.427. The summed E-state index contributed by atoms with van der Waals surface area (Å²) in [5.74, 6) is 0.923. The molecule has 0 aliphatic rings. The third-order valence-corrected chi connectivity index (χ3v) is 3.13. The van der Waals surface area contributed by atoms with Crippen LogP contribution in [0.25, 0.3) is 0 Å². The monoisotopic (exact) mass is 280 g/mol. The van der Waals surface area contributed by atoms with E-state index in [0.29, 0.717) is 0 Å². The number of halogens is 1. The summed E-state index contributed by atoms with van der Waals surface area (Å²) >= 11 is 3.47. The van der Waals surface area contributed by atoms with Gasteiger partial charge >= 0.3 is 0 Å². The maximum absolute atomic E-state index is 5.46. The van der Waals surface area contributed by atoms with Crippen LogP contribution in [0.15, 0.2) is 45.7 Å². The second-order valence-electron chi connectivity index (χ2n) is 3.54. The number of likely N-dealkylation sites (N-methyl/N-ethyl adjacent to an activating group) is 1. The molecule has 2 aromatic rings. The highest BCUT2D eigenvalue weighted by molar-refractivity contribution is 9.10. The molecule has 84 valence electrons. The lowest BCUT2D eigenvalue weighted by Crippen LogP contribution is -2.18. The van der Waals surface area contributed by atoms with Gasteiger partial charge in [-0.2, -0.15) is 0 Å². The summed E-state index contributed by atoms with van der Waals surface area (Å²) < 4.78 is 6.46. The molecule has 0 saturated carbocycles. The standard InChI is InChI=1S/C12H13BrN2O/c1-14-11(12-10(13)4-6-16-12)7-9-3-2-5-15-8-9/h2-6,8,11,14H,7H2,1H3. The van der Waals surface area contributed by atoms with Gasteiger partial charge in [0.2, 0.25) is 0 Å². The molecule has 0 saturated heterocycles. The first kappa shape index (κ1) is 11.4. The summed E-state index contributed by atoms with van der Waals surface area (Å²) in [5.41, 5.74) is 1.19. The Morgan fingerprint density at radius 1 is 1.50 bits per heavy atom. The number of hydrogen-bond acceptors (Lipinski definition) is 3. The molecule has 0 bridgehead atoms. The van der Waals surface area contributed by atoms with Gasteiger partial charge in [-0.25, -0.2) is 0 Å². The topological polar surface area (TPSA) is 38.1 Å². The predicted molar refractivity (Wildman–Crippen MR) is 66.1 cm³/mol. The van der Waals surface area contributed by atoms with E-state index in [1.165, 1.54) is 5.56 Å². The van der Waals surface area contributed by atoms with E-state index in [1.807, 2.05) is 25.4 Å². The fourth-order valence-corrected chi connectivity index (χ4v) is 2.11. The summed E-state index contributed by atoms with van der Waals surface area (Å²) in [4.78, 5) is 4.11. The van der Waals surface area contributed by atoms with Crippen molar-refractivity contribution in [1.29, 1.82) is 0 Å². The Morgan fingerprint density at radius 2 is 2.38 bits per heavy atom. The van der Waals surface area contributed by atoms with Gasteiger partial charge in [-0.1, -0.05) is 6.07 Å². The molecular formula is C12H13BrN2O. The maximum atomic E-state index is 5.46. The zero-order valence-electron chi connectivity index (χ0n) is 8.98. The van der Waals surface area contributed by atoms with Crippen LogP contribution in [0.3, 0.4) is 0 Å². The van der Waals surface area contributed by atoms with Crippen LogP contribution in [0, 0.1) is 0 Å². The Bertz CT molecular complexity index is 441. The summed E-state index contributed by atoms with van der Waals surface area (Å²) in [7, 11) is 1.93. The molecule has 0 fully saturated rings. The first-order chi connectivity index (χ1) is 7.81. The van der Waals surface area contributed by atoms with Crippen LogP contribution >= 0.6 is 15.9 Å². The van der Waals surface area contributed by atoms with E-state index in [2.05, 4.69) is 32.3 Å². The molecule has 1 unspecified atom stereocenters. The summed E-state index contributed by atoms with van der Waals surface area (Å²) in [6.45, 7) is 0. The van der Waals surface area contributed by atoms with Gasteiger partial charge in [0, 0.05) is 12.4 Å². The molecule has 4 heteroatoms. The van der Waals surface area contributed by atoms with E-state index in [-0.39, 0.29) is 6.04 Å². The van der Waals surface area contributed by atoms with Crippen LogP contribution in [0.1, 0.15) is 17.4 Å². The molecule has 2 heterocycles. The van der Waals surface area contributed by atoms with E-state index in [0.717, 1.165) is 16.7 Å². The summed E-state index contributed by atoms with van der Waals surface area (Å²) in [6.07, 6.45) is 6.20. The second kappa shape index (κ2) is 5.27. The van der Waals surface area contributed by atoms with Crippen molar-refractivity contribution in [3.8, 4) is 0 Å². The highest BCUT2D eigenvalue weighted by Gasteiger charge is 2.16. The van der Waals surface area contributed by atoms with Crippen LogP contribution in [0.4, 0.5) is 0 Å². The van der Waals surface area contributed by atoms with Crippen molar-refractivity contribution < 1.29 is 4.42 Å². The number of nitrogens with one attached hydrogen (secondary N) is 1. The molecule has 2 rings (SSSR count). The van der Waals surface area contributed by atoms with E-state index in [1.54, 1.807) is 12.5 Å². The molecule has 0 aromatic carbocycles. The van der Waals surface area contributed by atoms with Crippen molar-refractivity contribution in [2.75, 3.05) is 7.05 Å². The SMILES string of the molecule is CNC(Cc1cccnc1)c1occc1Br. The van der Waals surface area contributed by atoms with Gasteiger partial charge in [-0.05, 0) is 47.1 Å². The molecule has 0 radical (unpaired) electrons. The molecule has 0 spiro atoms. The lowest BCUT2D eigenvalue weighted by Gasteiger charge is -2.14. The molecule has 3 nitrogen and oxygen atoms in total. The van der Waals surface area contributed by atoms with Crippen molar-refractivity contribution in [3.05, 3.63) is 52.7 Å². The number of aromatic nitrogens is 1. The van der Waals surface area contributed by atoms with Crippen molar-refractivity contribution in [3.63, 3.8) is 0 Å². The minimum atomic E-state index is 0.161. The Kier molecular flexibility index (Phi) is 3.74. The normalized spacial score (nSPS) is 12.6. The molecule has 0 aliphatic carbocycles. The largest absolute Gasteiger partial charge is 0.466 e. The highest BCUT2D eigenvalue weighted by atomic mass is 79.9. The maximum Gasteiger partial charge on any atom is 0.135 e. The van der Waals surface area contributed by atoms with Gasteiger partial charge < -0.3 is 9.73 Å². The number of hydrogen-bond donors (Lipinski definition) is 1. The number of pyridine rings is 1. The summed E-state index contributed by atoms with van der Waals surface area (Å²) in [6, 6.07) is 6.07. The van der Waals surface area contributed by atoms with Gasteiger partial charge in [0.25, 0.3) is 0 Å². The first-order valence-corrected chi connectivity index (χ1v) is 5.89. The third kappa shape index (κ3) is 2.51. The molecule has 1 atom stereocenters. The van der Waals surface area contributed by atoms with Crippen molar-refractivity contribution in [1.82, 2.24) is 10.3 Å². The predicted octanol–water partition coefficient (Wildman–Crippen LogP) is 2.94. The Morgan fingerprint density at radius 3 is 2.94 bits per heavy atom. The fraction of sp³-hybridized carbons (Fsp3) is 0.250. The Hall–Kier alpha value is -1.13. The second-order valence-corrected chi connectivity index (χ2v) is 4.39. The van der Waals surface area contributed by atoms with E-state index < -0.39 is 0 Å². The number of rotatable bonds is 4. The minimum absolute atomic E-state index is 0.161. The quantitative estimate of drug-likeness (QED) is 0.936. The zero-order valence-corrected chi connectivity index (χ0v) is 10.6. The average molecular weight is 281 g/mol. The number of nitrogens with zero attached hydrogens (tertiary/aromatic N) is 1. The lowest BCUT2D eigenvalue weighted by atomic mass is 10.1. The Balaban J connectivity index is 2.16. The van der Waals surface area contributed by atoms with E-state index >= 15 is 0 Å². The van der Waals surface area contributed by atoms with Gasteiger partial charge in [0.15, 0.2) is 0 Å². The summed E-state index contributed by atoms with van der Waals surface area (Å²) in [5, 5.41) is 3.24. The van der Waals surface area contributed by atoms with Crippen LogP contribution in [0.5, 0.6) is 0 Å². The molecule has 16 heavy (non-hydrogen) atoms. The van der Waals surface area contributed by atoms with E-state index in [4.69, 9.17) is 4.42 Å². The van der Waals surface area contributed by atoms with Crippen molar-refractivity contribution in [2.24, 2.45) is 0 Å². The molecule has 0 aliphatic heterocycles. The number of furan rings is 1.